The van der Waals surface area contributed by atoms with E-state index in [1.807, 2.05) is 11.3 Å². The molecular weight excluding hydrogens is 316 g/mol. The number of nitrogens with zero attached hydrogens (tertiary/aromatic N) is 2. The van der Waals surface area contributed by atoms with Gasteiger partial charge in [-0.1, -0.05) is 18.2 Å². The third-order valence-corrected chi connectivity index (χ3v) is 6.18. The molecule has 0 radical (unpaired) electrons. The highest BCUT2D eigenvalue weighted by atomic mass is 32.1. The average molecular weight is 343 g/mol. The van der Waals surface area contributed by atoms with Gasteiger partial charge in [0.2, 0.25) is 0 Å². The van der Waals surface area contributed by atoms with Crippen molar-refractivity contribution in [3.63, 3.8) is 0 Å². The Morgan fingerprint density at radius 3 is 2.71 bits per heavy atom. The van der Waals surface area contributed by atoms with Crippen LogP contribution in [0.5, 0.6) is 0 Å². The van der Waals surface area contributed by atoms with Gasteiger partial charge in [-0.3, -0.25) is 4.90 Å². The Morgan fingerprint density at radius 1 is 0.958 bits per heavy atom. The van der Waals surface area contributed by atoms with E-state index in [0.29, 0.717) is 6.10 Å². The third-order valence-electron chi connectivity index (χ3n) is 5.02. The number of benzene rings is 1. The van der Waals surface area contributed by atoms with Crippen LogP contribution in [0.25, 0.3) is 0 Å². The Labute approximate surface area is 148 Å². The smallest absolute Gasteiger partial charge is 0.0917 e. The topological polar surface area (TPSA) is 15.7 Å². The Balaban J connectivity index is 1.34. The van der Waals surface area contributed by atoms with Gasteiger partial charge in [-0.2, -0.15) is 0 Å². The minimum Gasteiger partial charge on any atom is -0.373 e. The Morgan fingerprint density at radius 2 is 1.88 bits per heavy atom. The molecule has 2 aliphatic rings. The van der Waals surface area contributed by atoms with Crippen LogP contribution < -0.4 is 4.90 Å². The second-order valence-electron chi connectivity index (χ2n) is 6.76. The van der Waals surface area contributed by atoms with Crippen LogP contribution in [0, 0.1) is 0 Å². The molecule has 128 valence electrons. The monoisotopic (exact) mass is 342 g/mol. The SMILES string of the molecule is c1ccc(N2CCCN(Cc3ccc(C4CCCO4)s3)CC2)cc1. The summed E-state index contributed by atoms with van der Waals surface area (Å²) in [5.41, 5.74) is 1.36. The molecule has 2 aromatic rings. The third kappa shape index (κ3) is 3.82. The van der Waals surface area contributed by atoms with Crippen molar-refractivity contribution in [3.8, 4) is 0 Å². The number of para-hydroxylation sites is 1. The molecule has 0 spiro atoms. The number of anilines is 1. The van der Waals surface area contributed by atoms with Crippen molar-refractivity contribution < 1.29 is 4.74 Å². The van der Waals surface area contributed by atoms with Crippen molar-refractivity contribution in [2.45, 2.75) is 31.9 Å². The van der Waals surface area contributed by atoms with Crippen LogP contribution in [-0.2, 0) is 11.3 Å². The van der Waals surface area contributed by atoms with Gasteiger partial charge >= 0.3 is 0 Å². The van der Waals surface area contributed by atoms with Gasteiger partial charge in [-0.25, -0.2) is 0 Å². The van der Waals surface area contributed by atoms with Crippen molar-refractivity contribution in [2.75, 3.05) is 37.7 Å². The van der Waals surface area contributed by atoms with Gasteiger partial charge in [-0.05, 0) is 43.5 Å². The molecular formula is C20H26N2OS. The molecule has 1 atom stereocenters. The second kappa shape index (κ2) is 7.68. The Hall–Kier alpha value is -1.36. The van der Waals surface area contributed by atoms with Crippen LogP contribution in [-0.4, -0.2) is 37.7 Å². The van der Waals surface area contributed by atoms with E-state index in [2.05, 4.69) is 52.3 Å². The van der Waals surface area contributed by atoms with Gasteiger partial charge in [0.1, 0.15) is 0 Å². The fourth-order valence-electron chi connectivity index (χ4n) is 3.70. The van der Waals surface area contributed by atoms with Crippen molar-refractivity contribution in [2.24, 2.45) is 0 Å². The lowest BCUT2D eigenvalue weighted by Crippen LogP contribution is -2.30. The molecule has 0 amide bonds. The molecule has 3 nitrogen and oxygen atoms in total. The fraction of sp³-hybridized carbons (Fsp3) is 0.500. The molecule has 4 heteroatoms. The fourth-order valence-corrected chi connectivity index (χ4v) is 4.84. The van der Waals surface area contributed by atoms with Crippen LogP contribution in [0.2, 0.25) is 0 Å². The summed E-state index contributed by atoms with van der Waals surface area (Å²) < 4.78 is 5.82. The van der Waals surface area contributed by atoms with Crippen LogP contribution in [0.4, 0.5) is 5.69 Å². The molecule has 0 saturated carbocycles. The zero-order chi connectivity index (χ0) is 16.2. The normalized spacial score (nSPS) is 22.7. The predicted molar refractivity (Wildman–Crippen MR) is 101 cm³/mol. The average Bonchev–Trinajstić information content (AvgIpc) is 3.25. The van der Waals surface area contributed by atoms with Crippen molar-refractivity contribution in [3.05, 3.63) is 52.2 Å². The minimum absolute atomic E-state index is 0.362. The lowest BCUT2D eigenvalue weighted by atomic mass is 10.2. The number of hydrogen-bond acceptors (Lipinski definition) is 4. The van der Waals surface area contributed by atoms with Crippen molar-refractivity contribution >= 4 is 17.0 Å². The number of ether oxygens (including phenoxy) is 1. The first kappa shape index (κ1) is 16.1. The molecule has 0 bridgehead atoms. The Kier molecular flexibility index (Phi) is 5.16. The number of thiophene rings is 1. The van der Waals surface area contributed by atoms with Crippen molar-refractivity contribution in [1.29, 1.82) is 0 Å². The summed E-state index contributed by atoms with van der Waals surface area (Å²) in [7, 11) is 0. The quantitative estimate of drug-likeness (QED) is 0.823. The summed E-state index contributed by atoms with van der Waals surface area (Å²) in [5, 5.41) is 0. The Bertz CT molecular complexity index is 636. The van der Waals surface area contributed by atoms with Gasteiger partial charge in [0.15, 0.2) is 0 Å². The standard InChI is InChI=1S/C20H26N2OS/c1-2-6-17(7-3-1)22-12-5-11-21(13-14-22)16-18-9-10-20(24-18)19-8-4-15-23-19/h1-3,6-7,9-10,19H,4-5,8,11-16H2. The molecule has 0 aliphatic carbocycles. The van der Waals surface area contributed by atoms with E-state index in [1.165, 1.54) is 41.2 Å². The molecule has 2 saturated heterocycles. The van der Waals surface area contributed by atoms with Crippen molar-refractivity contribution in [1.82, 2.24) is 4.90 Å². The van der Waals surface area contributed by atoms with Crippen LogP contribution in [0.3, 0.4) is 0 Å². The largest absolute Gasteiger partial charge is 0.373 e. The molecule has 2 fully saturated rings. The highest BCUT2D eigenvalue weighted by Crippen LogP contribution is 2.33. The van der Waals surface area contributed by atoms with E-state index in [1.54, 1.807) is 0 Å². The molecule has 2 aliphatic heterocycles. The lowest BCUT2D eigenvalue weighted by Gasteiger charge is -2.23. The molecule has 1 aromatic carbocycles. The van der Waals surface area contributed by atoms with E-state index in [9.17, 15) is 0 Å². The molecule has 24 heavy (non-hydrogen) atoms. The minimum atomic E-state index is 0.362. The zero-order valence-corrected chi connectivity index (χ0v) is 15.0. The first-order valence-electron chi connectivity index (χ1n) is 9.11. The maximum absolute atomic E-state index is 5.82. The van der Waals surface area contributed by atoms with Gasteiger partial charge in [0, 0.05) is 54.8 Å². The second-order valence-corrected chi connectivity index (χ2v) is 7.96. The van der Waals surface area contributed by atoms with E-state index >= 15 is 0 Å². The highest BCUT2D eigenvalue weighted by molar-refractivity contribution is 7.12. The first-order chi connectivity index (χ1) is 11.9. The van der Waals surface area contributed by atoms with Gasteiger partial charge in [0.25, 0.3) is 0 Å². The molecule has 3 heterocycles. The van der Waals surface area contributed by atoms with Gasteiger partial charge in [0.05, 0.1) is 6.10 Å². The maximum atomic E-state index is 5.82. The van der Waals surface area contributed by atoms with Crippen LogP contribution in [0.15, 0.2) is 42.5 Å². The number of rotatable bonds is 4. The highest BCUT2D eigenvalue weighted by Gasteiger charge is 2.20. The number of hydrogen-bond donors (Lipinski definition) is 0. The maximum Gasteiger partial charge on any atom is 0.0917 e. The van der Waals surface area contributed by atoms with Crippen LogP contribution >= 0.6 is 11.3 Å². The molecule has 4 rings (SSSR count). The van der Waals surface area contributed by atoms with E-state index in [4.69, 9.17) is 4.74 Å². The van der Waals surface area contributed by atoms with Crippen LogP contribution in [0.1, 0.15) is 35.1 Å². The first-order valence-corrected chi connectivity index (χ1v) is 9.93. The molecule has 1 aromatic heterocycles. The van der Waals surface area contributed by atoms with E-state index in [-0.39, 0.29) is 0 Å². The summed E-state index contributed by atoms with van der Waals surface area (Å²) in [6.07, 6.45) is 4.00. The van der Waals surface area contributed by atoms with Gasteiger partial charge in [-0.15, -0.1) is 11.3 Å². The van der Waals surface area contributed by atoms with E-state index in [0.717, 1.165) is 32.8 Å². The predicted octanol–water partition coefficient (Wildman–Crippen LogP) is 4.31. The molecule has 1 unspecified atom stereocenters. The molecule has 0 N–H and O–H groups in total. The van der Waals surface area contributed by atoms with Gasteiger partial charge < -0.3 is 9.64 Å². The summed E-state index contributed by atoms with van der Waals surface area (Å²) in [6, 6.07) is 15.4. The van der Waals surface area contributed by atoms with E-state index < -0.39 is 0 Å². The summed E-state index contributed by atoms with van der Waals surface area (Å²) in [4.78, 5) is 8.03. The summed E-state index contributed by atoms with van der Waals surface area (Å²) >= 11 is 1.95. The zero-order valence-electron chi connectivity index (χ0n) is 14.2. The summed E-state index contributed by atoms with van der Waals surface area (Å²) in [5.74, 6) is 0. The summed E-state index contributed by atoms with van der Waals surface area (Å²) in [6.45, 7) is 6.62. The lowest BCUT2D eigenvalue weighted by molar-refractivity contribution is 0.114.